The second-order valence-corrected chi connectivity index (χ2v) is 5.67. The summed E-state index contributed by atoms with van der Waals surface area (Å²) in [4.78, 5) is 0. The van der Waals surface area contributed by atoms with Gasteiger partial charge in [-0.15, -0.1) is 0 Å². The Hall–Kier alpha value is -1.49. The van der Waals surface area contributed by atoms with Gasteiger partial charge in [-0.1, -0.05) is 13.8 Å². The third kappa shape index (κ3) is 2.61. The van der Waals surface area contributed by atoms with Gasteiger partial charge in [0, 0.05) is 18.7 Å². The van der Waals surface area contributed by atoms with Crippen molar-refractivity contribution in [3.05, 3.63) is 28.2 Å². The van der Waals surface area contributed by atoms with E-state index in [-0.39, 0.29) is 0 Å². The van der Waals surface area contributed by atoms with Gasteiger partial charge in [-0.2, -0.15) is 5.10 Å². The first-order chi connectivity index (χ1) is 8.93. The molecule has 1 aromatic heterocycles. The van der Waals surface area contributed by atoms with Crippen molar-refractivity contribution in [1.29, 1.82) is 0 Å². The van der Waals surface area contributed by atoms with Crippen LogP contribution in [0.3, 0.4) is 0 Å². The van der Waals surface area contributed by atoms with Crippen LogP contribution in [0.1, 0.15) is 25.3 Å². The molecule has 2 N–H and O–H groups in total. The van der Waals surface area contributed by atoms with Crippen LogP contribution in [0.5, 0.6) is 5.75 Å². The molecule has 0 aliphatic carbocycles. The Morgan fingerprint density at radius 1 is 1.32 bits per heavy atom. The Bertz CT molecular complexity index is 585. The van der Waals surface area contributed by atoms with Crippen molar-refractivity contribution in [3.8, 4) is 17.0 Å². The predicted molar refractivity (Wildman–Crippen MR) is 81.4 cm³/mol. The fraction of sp³-hybridized carbons (Fsp3) is 0.357. The van der Waals surface area contributed by atoms with E-state index in [0.29, 0.717) is 11.7 Å². The molecule has 102 valence electrons. The maximum atomic E-state index is 5.85. The van der Waals surface area contributed by atoms with Gasteiger partial charge in [-0.25, -0.2) is 0 Å². The van der Waals surface area contributed by atoms with Crippen molar-refractivity contribution in [2.75, 3.05) is 12.8 Å². The normalized spacial score (nSPS) is 11.1. The summed E-state index contributed by atoms with van der Waals surface area (Å²) in [5.74, 6) is 1.84. The number of hydrogen-bond donors (Lipinski definition) is 1. The van der Waals surface area contributed by atoms with Crippen LogP contribution in [0.2, 0.25) is 0 Å². The average Bonchev–Trinajstić information content (AvgIpc) is 2.68. The Balaban J connectivity index is 2.65. The van der Waals surface area contributed by atoms with Crippen LogP contribution < -0.4 is 10.5 Å². The van der Waals surface area contributed by atoms with E-state index in [2.05, 4.69) is 47.0 Å². The molecule has 0 fully saturated rings. The number of ether oxygens (including phenoxy) is 1. The second kappa shape index (κ2) is 5.25. The lowest BCUT2D eigenvalue weighted by molar-refractivity contribution is 0.413. The summed E-state index contributed by atoms with van der Waals surface area (Å²) >= 11 is 3.56. The van der Waals surface area contributed by atoms with Gasteiger partial charge >= 0.3 is 0 Å². The molecule has 0 spiro atoms. The number of aryl methyl sites for hydroxylation is 1. The fourth-order valence-electron chi connectivity index (χ4n) is 1.96. The quantitative estimate of drug-likeness (QED) is 0.939. The minimum absolute atomic E-state index is 0.432. The summed E-state index contributed by atoms with van der Waals surface area (Å²) in [5.41, 5.74) is 8.85. The summed E-state index contributed by atoms with van der Waals surface area (Å²) in [6, 6.07) is 6.05. The van der Waals surface area contributed by atoms with Gasteiger partial charge in [0.05, 0.1) is 17.3 Å². The number of halogens is 1. The zero-order valence-corrected chi connectivity index (χ0v) is 13.2. The van der Waals surface area contributed by atoms with E-state index in [0.717, 1.165) is 21.5 Å². The highest BCUT2D eigenvalue weighted by Crippen LogP contribution is 2.39. The summed E-state index contributed by atoms with van der Waals surface area (Å²) in [6.45, 7) is 4.32. The second-order valence-electron chi connectivity index (χ2n) is 4.82. The molecule has 0 amide bonds. The molecule has 0 radical (unpaired) electrons. The molecular weight excluding hydrogens is 306 g/mol. The van der Waals surface area contributed by atoms with Crippen molar-refractivity contribution < 1.29 is 4.74 Å². The van der Waals surface area contributed by atoms with Crippen LogP contribution in [0.4, 0.5) is 5.82 Å². The number of nitrogens with two attached hydrogens (primary N) is 1. The Morgan fingerprint density at radius 3 is 2.47 bits per heavy atom. The van der Waals surface area contributed by atoms with Crippen LogP contribution >= 0.6 is 15.9 Å². The highest BCUT2D eigenvalue weighted by molar-refractivity contribution is 9.10. The van der Waals surface area contributed by atoms with Gasteiger partial charge in [0.15, 0.2) is 0 Å². The maximum absolute atomic E-state index is 5.85. The SMILES string of the molecule is COc1c(Br)cc(C(C)C)cc1-c1cc(N)n(C)n1. The smallest absolute Gasteiger partial charge is 0.142 e. The first-order valence-corrected chi connectivity index (χ1v) is 6.90. The van der Waals surface area contributed by atoms with Gasteiger partial charge in [0.1, 0.15) is 11.6 Å². The number of nitrogen functional groups attached to an aromatic ring is 1. The minimum Gasteiger partial charge on any atom is -0.495 e. The highest BCUT2D eigenvalue weighted by Gasteiger charge is 2.16. The lowest BCUT2D eigenvalue weighted by Gasteiger charge is -2.13. The van der Waals surface area contributed by atoms with Crippen LogP contribution in [0, 0.1) is 0 Å². The number of hydrogen-bond acceptors (Lipinski definition) is 3. The summed E-state index contributed by atoms with van der Waals surface area (Å²) < 4.78 is 8.07. The molecule has 1 aromatic carbocycles. The van der Waals surface area contributed by atoms with Crippen LogP contribution in [-0.2, 0) is 7.05 Å². The summed E-state index contributed by atoms with van der Waals surface area (Å²) in [7, 11) is 3.48. The van der Waals surface area contributed by atoms with Crippen molar-refractivity contribution >= 4 is 21.7 Å². The van der Waals surface area contributed by atoms with Gasteiger partial charge in [0.25, 0.3) is 0 Å². The number of anilines is 1. The third-order valence-electron chi connectivity index (χ3n) is 3.13. The average molecular weight is 324 g/mol. The van der Waals surface area contributed by atoms with E-state index < -0.39 is 0 Å². The number of aromatic nitrogens is 2. The zero-order valence-electron chi connectivity index (χ0n) is 11.6. The van der Waals surface area contributed by atoms with E-state index >= 15 is 0 Å². The topological polar surface area (TPSA) is 53.1 Å². The number of nitrogens with zero attached hydrogens (tertiary/aromatic N) is 2. The molecule has 0 aliphatic rings. The first kappa shape index (κ1) is 13.9. The van der Waals surface area contributed by atoms with Crippen LogP contribution in [-0.4, -0.2) is 16.9 Å². The van der Waals surface area contributed by atoms with Gasteiger partial charge in [-0.3, -0.25) is 4.68 Å². The van der Waals surface area contributed by atoms with E-state index in [1.807, 2.05) is 13.1 Å². The Morgan fingerprint density at radius 2 is 2.00 bits per heavy atom. The van der Waals surface area contributed by atoms with E-state index in [4.69, 9.17) is 10.5 Å². The standard InChI is InChI=1S/C14H18BrN3O/c1-8(2)9-5-10(14(19-4)11(15)6-9)12-7-13(16)18(3)17-12/h5-8H,16H2,1-4H3. The molecule has 1 heterocycles. The third-order valence-corrected chi connectivity index (χ3v) is 3.72. The molecule has 2 rings (SSSR count). The highest BCUT2D eigenvalue weighted by atomic mass is 79.9. The van der Waals surface area contributed by atoms with Gasteiger partial charge in [0.2, 0.25) is 0 Å². The molecule has 0 atom stereocenters. The first-order valence-electron chi connectivity index (χ1n) is 6.11. The number of rotatable bonds is 3. The molecular formula is C14H18BrN3O. The zero-order chi connectivity index (χ0) is 14.2. The van der Waals surface area contributed by atoms with E-state index in [1.54, 1.807) is 11.8 Å². The van der Waals surface area contributed by atoms with Crippen molar-refractivity contribution in [1.82, 2.24) is 9.78 Å². The van der Waals surface area contributed by atoms with Crippen molar-refractivity contribution in [3.63, 3.8) is 0 Å². The molecule has 0 saturated carbocycles. The van der Waals surface area contributed by atoms with Gasteiger partial charge in [-0.05, 0) is 39.5 Å². The van der Waals surface area contributed by atoms with E-state index in [1.165, 1.54) is 5.56 Å². The number of methoxy groups -OCH3 is 1. The molecule has 0 bridgehead atoms. The van der Waals surface area contributed by atoms with E-state index in [9.17, 15) is 0 Å². The molecule has 19 heavy (non-hydrogen) atoms. The molecule has 0 saturated heterocycles. The predicted octanol–water partition coefficient (Wildman–Crippen LogP) is 3.56. The maximum Gasteiger partial charge on any atom is 0.142 e. The lowest BCUT2D eigenvalue weighted by atomic mass is 9.99. The van der Waals surface area contributed by atoms with Crippen molar-refractivity contribution in [2.24, 2.45) is 7.05 Å². The molecule has 5 heteroatoms. The monoisotopic (exact) mass is 323 g/mol. The van der Waals surface area contributed by atoms with Crippen molar-refractivity contribution in [2.45, 2.75) is 19.8 Å². The van der Waals surface area contributed by atoms with Crippen LogP contribution in [0.25, 0.3) is 11.3 Å². The van der Waals surface area contributed by atoms with Crippen LogP contribution in [0.15, 0.2) is 22.7 Å². The molecule has 0 unspecified atom stereocenters. The fourth-order valence-corrected chi connectivity index (χ4v) is 2.60. The Labute approximate surface area is 121 Å². The molecule has 2 aromatic rings. The summed E-state index contributed by atoms with van der Waals surface area (Å²) in [5, 5.41) is 4.42. The Kier molecular flexibility index (Phi) is 3.85. The largest absolute Gasteiger partial charge is 0.495 e. The molecule has 4 nitrogen and oxygen atoms in total. The lowest BCUT2D eigenvalue weighted by Crippen LogP contribution is -1.97. The number of benzene rings is 1. The summed E-state index contributed by atoms with van der Waals surface area (Å²) in [6.07, 6.45) is 0. The van der Waals surface area contributed by atoms with Gasteiger partial charge < -0.3 is 10.5 Å². The minimum atomic E-state index is 0.432. The molecule has 0 aliphatic heterocycles.